The molecule has 0 atom stereocenters. The van der Waals surface area contributed by atoms with Crippen LogP contribution in [-0.2, 0) is 9.78 Å². The molecule has 0 amide bonds. The normalized spacial score (nSPS) is 17.4. The van der Waals surface area contributed by atoms with Gasteiger partial charge in [0.2, 0.25) is 5.88 Å². The molecule has 0 unspecified atom stereocenters. The summed E-state index contributed by atoms with van der Waals surface area (Å²) < 4.78 is 0. The molecule has 1 aliphatic heterocycles. The topological polar surface area (TPSA) is 30.5 Å². The van der Waals surface area contributed by atoms with E-state index in [2.05, 4.69) is 15.1 Å². The molecule has 3 heteroatoms. The summed E-state index contributed by atoms with van der Waals surface area (Å²) in [6.07, 6.45) is 1.85. The lowest BCUT2D eigenvalue weighted by Crippen LogP contribution is -2.11. The third kappa shape index (κ3) is 1.13. The van der Waals surface area contributed by atoms with Crippen molar-refractivity contribution in [2.45, 2.75) is 6.92 Å². The van der Waals surface area contributed by atoms with Crippen LogP contribution in [0, 0.1) is 0 Å². The van der Waals surface area contributed by atoms with Crippen LogP contribution in [0.25, 0.3) is 0 Å². The van der Waals surface area contributed by atoms with E-state index in [0.29, 0.717) is 6.61 Å². The molecule has 1 heterocycles. The zero-order chi connectivity index (χ0) is 5.82. The van der Waals surface area contributed by atoms with E-state index in [1.54, 1.807) is 0 Å². The average molecular weight is 115 g/mol. The van der Waals surface area contributed by atoms with Gasteiger partial charge in [0.1, 0.15) is 6.61 Å². The summed E-state index contributed by atoms with van der Waals surface area (Å²) in [4.78, 5) is 9.20. The molecule has 3 nitrogen and oxygen atoms in total. The molecule has 0 bridgehead atoms. The molecule has 0 spiro atoms. The van der Waals surface area contributed by atoms with Crippen LogP contribution in [0.5, 0.6) is 0 Å². The van der Waals surface area contributed by atoms with Gasteiger partial charge >= 0.3 is 0 Å². The molecule has 0 saturated carbocycles. The Balaban J connectivity index is 2.23. The highest BCUT2D eigenvalue weighted by Crippen LogP contribution is 2.00. The lowest BCUT2D eigenvalue weighted by Gasteiger charge is -1.99. The maximum absolute atomic E-state index is 4.64. The van der Waals surface area contributed by atoms with Crippen molar-refractivity contribution in [3.8, 4) is 0 Å². The van der Waals surface area contributed by atoms with Crippen LogP contribution in [0.4, 0.5) is 0 Å². The standard InChI is InChI=1S/C5H9NO2/c1-2-6-5-3-4-7-8-5/h3,6H,2,4H2,1H3. The fourth-order valence-corrected chi connectivity index (χ4v) is 0.517. The van der Waals surface area contributed by atoms with Gasteiger partial charge in [-0.1, -0.05) is 0 Å². The maximum atomic E-state index is 4.64. The predicted octanol–water partition coefficient (Wildman–Crippen LogP) is 0.399. The van der Waals surface area contributed by atoms with Crippen LogP contribution in [-0.4, -0.2) is 13.2 Å². The highest BCUT2D eigenvalue weighted by atomic mass is 17.2. The Morgan fingerprint density at radius 1 is 1.88 bits per heavy atom. The molecule has 8 heavy (non-hydrogen) atoms. The summed E-state index contributed by atoms with van der Waals surface area (Å²) in [5.41, 5.74) is 0. The zero-order valence-corrected chi connectivity index (χ0v) is 4.81. The van der Waals surface area contributed by atoms with E-state index >= 15 is 0 Å². The highest BCUT2D eigenvalue weighted by molar-refractivity contribution is 4.91. The Labute approximate surface area is 48.2 Å². The minimum absolute atomic E-state index is 0.558. The number of hydrogen-bond acceptors (Lipinski definition) is 3. The van der Waals surface area contributed by atoms with Gasteiger partial charge in [-0.25, -0.2) is 0 Å². The van der Waals surface area contributed by atoms with Gasteiger partial charge < -0.3 is 10.2 Å². The van der Waals surface area contributed by atoms with Gasteiger partial charge in [-0.2, -0.15) is 4.89 Å². The van der Waals surface area contributed by atoms with Crippen LogP contribution >= 0.6 is 0 Å². The second-order valence-corrected chi connectivity index (χ2v) is 1.47. The van der Waals surface area contributed by atoms with E-state index in [1.807, 2.05) is 13.0 Å². The Morgan fingerprint density at radius 3 is 3.25 bits per heavy atom. The van der Waals surface area contributed by atoms with E-state index in [0.717, 1.165) is 12.4 Å². The molecule has 0 aliphatic carbocycles. The Kier molecular flexibility index (Phi) is 1.75. The van der Waals surface area contributed by atoms with E-state index in [-0.39, 0.29) is 0 Å². The average Bonchev–Trinajstić information content (AvgIpc) is 2.19. The van der Waals surface area contributed by atoms with Gasteiger partial charge in [0, 0.05) is 12.6 Å². The van der Waals surface area contributed by atoms with E-state index in [4.69, 9.17) is 0 Å². The van der Waals surface area contributed by atoms with Crippen molar-refractivity contribution in [3.05, 3.63) is 12.0 Å². The number of nitrogens with one attached hydrogen (secondary N) is 1. The predicted molar refractivity (Wildman–Crippen MR) is 28.8 cm³/mol. The number of hydrogen-bond donors (Lipinski definition) is 1. The summed E-state index contributed by atoms with van der Waals surface area (Å²) in [5.74, 6) is 0.729. The quantitative estimate of drug-likeness (QED) is 0.528. The van der Waals surface area contributed by atoms with Gasteiger partial charge in [0.25, 0.3) is 0 Å². The molecule has 1 N–H and O–H groups in total. The van der Waals surface area contributed by atoms with Crippen molar-refractivity contribution in [2.24, 2.45) is 0 Å². The van der Waals surface area contributed by atoms with Crippen LogP contribution in [0.2, 0.25) is 0 Å². The molecule has 1 aliphatic rings. The second kappa shape index (κ2) is 2.57. The molecule has 0 radical (unpaired) electrons. The third-order valence-corrected chi connectivity index (χ3v) is 0.836. The first-order valence-corrected chi connectivity index (χ1v) is 2.67. The van der Waals surface area contributed by atoms with Crippen molar-refractivity contribution in [2.75, 3.05) is 13.2 Å². The largest absolute Gasteiger partial charge is 0.354 e. The van der Waals surface area contributed by atoms with E-state index in [9.17, 15) is 0 Å². The van der Waals surface area contributed by atoms with Crippen LogP contribution < -0.4 is 5.32 Å². The first-order chi connectivity index (χ1) is 3.93. The lowest BCUT2D eigenvalue weighted by atomic mass is 10.6. The lowest BCUT2D eigenvalue weighted by molar-refractivity contribution is -0.237. The summed E-state index contributed by atoms with van der Waals surface area (Å²) in [6.45, 7) is 3.43. The first-order valence-electron chi connectivity index (χ1n) is 2.67. The number of rotatable bonds is 2. The van der Waals surface area contributed by atoms with Gasteiger partial charge in [0.15, 0.2) is 0 Å². The van der Waals surface area contributed by atoms with Gasteiger partial charge in [-0.3, -0.25) is 0 Å². The van der Waals surface area contributed by atoms with Crippen molar-refractivity contribution < 1.29 is 9.78 Å². The fourth-order valence-electron chi connectivity index (χ4n) is 0.517. The van der Waals surface area contributed by atoms with Crippen molar-refractivity contribution in [1.82, 2.24) is 5.32 Å². The Hall–Kier alpha value is -0.700. The van der Waals surface area contributed by atoms with E-state index in [1.165, 1.54) is 0 Å². The van der Waals surface area contributed by atoms with Crippen LogP contribution in [0.1, 0.15) is 6.92 Å². The highest BCUT2D eigenvalue weighted by Gasteiger charge is 2.02. The monoisotopic (exact) mass is 115 g/mol. The molecular weight excluding hydrogens is 106 g/mol. The van der Waals surface area contributed by atoms with Crippen LogP contribution in [0.3, 0.4) is 0 Å². The minimum Gasteiger partial charge on any atom is -0.354 e. The SMILES string of the molecule is CCNC1=CCOO1. The summed E-state index contributed by atoms with van der Waals surface area (Å²) in [5, 5.41) is 2.96. The molecular formula is C5H9NO2. The van der Waals surface area contributed by atoms with Gasteiger partial charge in [-0.15, -0.1) is 0 Å². The zero-order valence-electron chi connectivity index (χ0n) is 4.81. The smallest absolute Gasteiger partial charge is 0.228 e. The van der Waals surface area contributed by atoms with Crippen LogP contribution in [0.15, 0.2) is 12.0 Å². The summed E-state index contributed by atoms with van der Waals surface area (Å²) in [6, 6.07) is 0. The molecule has 0 aromatic rings. The van der Waals surface area contributed by atoms with Crippen molar-refractivity contribution in [1.29, 1.82) is 0 Å². The first kappa shape index (κ1) is 5.44. The maximum Gasteiger partial charge on any atom is 0.228 e. The Morgan fingerprint density at radius 2 is 2.75 bits per heavy atom. The van der Waals surface area contributed by atoms with Crippen molar-refractivity contribution in [3.63, 3.8) is 0 Å². The van der Waals surface area contributed by atoms with Gasteiger partial charge in [-0.05, 0) is 6.92 Å². The molecule has 46 valence electrons. The summed E-state index contributed by atoms with van der Waals surface area (Å²) in [7, 11) is 0. The summed E-state index contributed by atoms with van der Waals surface area (Å²) >= 11 is 0. The molecule has 0 saturated heterocycles. The van der Waals surface area contributed by atoms with Gasteiger partial charge in [0.05, 0.1) is 0 Å². The molecule has 0 aromatic carbocycles. The molecule has 1 rings (SSSR count). The van der Waals surface area contributed by atoms with Crippen molar-refractivity contribution >= 4 is 0 Å². The molecule has 0 aromatic heterocycles. The minimum atomic E-state index is 0.558. The third-order valence-electron chi connectivity index (χ3n) is 0.836. The second-order valence-electron chi connectivity index (χ2n) is 1.47. The molecule has 0 fully saturated rings. The van der Waals surface area contributed by atoms with E-state index < -0.39 is 0 Å². The Bertz CT molecular complexity index is 101. The fraction of sp³-hybridized carbons (Fsp3) is 0.600.